The van der Waals surface area contributed by atoms with Crippen LogP contribution in [0.2, 0.25) is 0 Å². The molecular weight excluding hydrogens is 306 g/mol. The van der Waals surface area contributed by atoms with Crippen LogP contribution < -0.4 is 4.72 Å². The Morgan fingerprint density at radius 3 is 2.55 bits per heavy atom. The number of rotatable bonds is 4. The highest BCUT2D eigenvalue weighted by Crippen LogP contribution is 2.65. The average molecular weight is 325 g/mol. The van der Waals surface area contributed by atoms with Gasteiger partial charge in [-0.1, -0.05) is 0 Å². The van der Waals surface area contributed by atoms with Crippen LogP contribution in [0.4, 0.5) is 0 Å². The Morgan fingerprint density at radius 1 is 1.32 bits per heavy atom. The molecule has 0 unspecified atom stereocenters. The van der Waals surface area contributed by atoms with Gasteiger partial charge in [0.1, 0.15) is 10.7 Å². The van der Waals surface area contributed by atoms with Gasteiger partial charge in [0, 0.05) is 12.1 Å². The van der Waals surface area contributed by atoms with Crippen molar-refractivity contribution in [2.45, 2.75) is 37.1 Å². The molecule has 0 amide bonds. The van der Waals surface area contributed by atoms with Gasteiger partial charge in [-0.3, -0.25) is 0 Å². The maximum Gasteiger partial charge on any atom is 0.373 e. The first-order valence-electron chi connectivity index (χ1n) is 7.63. The van der Waals surface area contributed by atoms with E-state index >= 15 is 0 Å². The zero-order valence-corrected chi connectivity index (χ0v) is 13.4. The number of sulfonamides is 1. The maximum atomic E-state index is 12.6. The summed E-state index contributed by atoms with van der Waals surface area (Å²) in [5, 5.41) is 0. The third kappa shape index (κ3) is 1.95. The summed E-state index contributed by atoms with van der Waals surface area (Å²) in [6.07, 6.45) is 3.74. The molecule has 7 heteroatoms. The van der Waals surface area contributed by atoms with E-state index in [1.165, 1.54) is 32.4 Å². The predicted octanol–water partition coefficient (Wildman–Crippen LogP) is 1.70. The number of furan rings is 1. The highest BCUT2D eigenvalue weighted by Gasteiger charge is 2.65. The zero-order valence-electron chi connectivity index (χ0n) is 12.5. The first-order valence-corrected chi connectivity index (χ1v) is 9.12. The molecule has 120 valence electrons. The minimum absolute atomic E-state index is 0.0326. The third-order valence-electron chi connectivity index (χ3n) is 5.57. The van der Waals surface area contributed by atoms with Crippen LogP contribution in [-0.2, 0) is 14.8 Å². The van der Waals surface area contributed by atoms with Gasteiger partial charge in [0.2, 0.25) is 15.8 Å². The quantitative estimate of drug-likeness (QED) is 0.852. The Hall–Kier alpha value is -1.34. The van der Waals surface area contributed by atoms with Gasteiger partial charge in [-0.2, -0.15) is 0 Å². The molecule has 0 aromatic carbocycles. The monoisotopic (exact) mass is 325 g/mol. The molecule has 0 radical (unpaired) electrons. The summed E-state index contributed by atoms with van der Waals surface area (Å²) in [4.78, 5) is 11.5. The van der Waals surface area contributed by atoms with Crippen LogP contribution in [0.15, 0.2) is 15.4 Å². The molecule has 1 aromatic heterocycles. The van der Waals surface area contributed by atoms with Crippen LogP contribution >= 0.6 is 0 Å². The molecule has 6 nitrogen and oxygen atoms in total. The van der Waals surface area contributed by atoms with Crippen molar-refractivity contribution in [1.82, 2.24) is 4.72 Å². The van der Waals surface area contributed by atoms with E-state index in [1.807, 2.05) is 0 Å². The summed E-state index contributed by atoms with van der Waals surface area (Å²) in [7, 11) is -2.43. The lowest BCUT2D eigenvalue weighted by Gasteiger charge is -2.10. The van der Waals surface area contributed by atoms with Gasteiger partial charge < -0.3 is 9.15 Å². The molecule has 0 spiro atoms. The van der Waals surface area contributed by atoms with E-state index < -0.39 is 16.0 Å². The Labute approximate surface area is 129 Å². The molecule has 1 heterocycles. The fourth-order valence-corrected chi connectivity index (χ4v) is 6.14. The van der Waals surface area contributed by atoms with Crippen LogP contribution in [0, 0.1) is 30.6 Å². The van der Waals surface area contributed by atoms with Crippen molar-refractivity contribution in [2.75, 3.05) is 7.11 Å². The van der Waals surface area contributed by atoms with Crippen LogP contribution in [-0.4, -0.2) is 27.5 Å². The van der Waals surface area contributed by atoms with Crippen LogP contribution in [0.5, 0.6) is 0 Å². The number of hydrogen-bond acceptors (Lipinski definition) is 5. The van der Waals surface area contributed by atoms with Crippen LogP contribution in [0.1, 0.15) is 35.6 Å². The molecule has 2 bridgehead atoms. The lowest BCUT2D eigenvalue weighted by molar-refractivity contribution is 0.0563. The Bertz CT molecular complexity index is 721. The van der Waals surface area contributed by atoms with E-state index in [9.17, 15) is 13.2 Å². The first-order chi connectivity index (χ1) is 10.4. The molecule has 3 saturated carbocycles. The number of carbonyl (C=O) groups is 1. The molecule has 1 N–H and O–H groups in total. The molecule has 3 aliphatic rings. The maximum absolute atomic E-state index is 12.6. The van der Waals surface area contributed by atoms with E-state index in [-0.39, 0.29) is 22.5 Å². The number of hydrogen-bond donors (Lipinski definition) is 1. The number of nitrogens with one attached hydrogen (secondary N) is 1. The zero-order chi connectivity index (χ0) is 15.6. The number of aryl methyl sites for hydroxylation is 1. The average Bonchev–Trinajstić information content (AvgIpc) is 2.89. The summed E-state index contributed by atoms with van der Waals surface area (Å²) in [5.74, 6) is 1.86. The van der Waals surface area contributed by atoms with Gasteiger partial charge >= 0.3 is 5.97 Å². The highest BCUT2D eigenvalue weighted by molar-refractivity contribution is 7.89. The van der Waals surface area contributed by atoms with Crippen molar-refractivity contribution >= 4 is 16.0 Å². The highest BCUT2D eigenvalue weighted by atomic mass is 32.2. The first kappa shape index (κ1) is 14.3. The summed E-state index contributed by atoms with van der Waals surface area (Å²) in [6.45, 7) is 1.54. The molecule has 1 aromatic rings. The third-order valence-corrected chi connectivity index (χ3v) is 7.14. The number of carbonyl (C=O) groups excluding carboxylic acids is 1. The molecule has 0 aliphatic heterocycles. The smallest absolute Gasteiger partial charge is 0.373 e. The standard InChI is InChI=1S/C15H19NO5S/c1-7-11(6-10(21-7)15(17)20-2)22(18,19)16-14-12-8-3-4-9(5-8)13(12)14/h6,8-9,12-14,16H,3-5H2,1-2H3/t8-,9-,12+,13+/m0/s1. The Kier molecular flexibility index (Phi) is 2.97. The van der Waals surface area contributed by atoms with E-state index in [1.54, 1.807) is 6.92 Å². The largest absolute Gasteiger partial charge is 0.463 e. The van der Waals surface area contributed by atoms with Crippen molar-refractivity contribution in [1.29, 1.82) is 0 Å². The van der Waals surface area contributed by atoms with Crippen molar-refractivity contribution < 1.29 is 22.4 Å². The normalized spacial score (nSPS) is 35.5. The van der Waals surface area contributed by atoms with Crippen molar-refractivity contribution in [3.63, 3.8) is 0 Å². The molecule has 4 rings (SSSR count). The lowest BCUT2D eigenvalue weighted by Crippen LogP contribution is -2.30. The minimum atomic E-state index is -3.66. The van der Waals surface area contributed by atoms with Crippen molar-refractivity contribution in [3.8, 4) is 0 Å². The SMILES string of the molecule is COC(=O)c1cc(S(=O)(=O)NC2[C@@H]3[C@H]4CC[C@@H](C4)[C@@H]23)c(C)o1. The summed E-state index contributed by atoms with van der Waals surface area (Å²) in [5.41, 5.74) is 0. The molecule has 3 fully saturated rings. The van der Waals surface area contributed by atoms with E-state index in [0.29, 0.717) is 23.7 Å². The topological polar surface area (TPSA) is 85.6 Å². The minimum Gasteiger partial charge on any atom is -0.463 e. The van der Waals surface area contributed by atoms with Crippen molar-refractivity contribution in [3.05, 3.63) is 17.6 Å². The molecule has 0 saturated heterocycles. The molecular formula is C15H19NO5S. The molecule has 4 atom stereocenters. The van der Waals surface area contributed by atoms with Gasteiger partial charge in [0.25, 0.3) is 0 Å². The number of esters is 1. The van der Waals surface area contributed by atoms with Gasteiger partial charge in [0.05, 0.1) is 7.11 Å². The lowest BCUT2D eigenvalue weighted by atomic mass is 10.0. The predicted molar refractivity (Wildman–Crippen MR) is 76.7 cm³/mol. The van der Waals surface area contributed by atoms with E-state index in [4.69, 9.17) is 4.42 Å². The molecule has 3 aliphatic carbocycles. The van der Waals surface area contributed by atoms with E-state index in [0.717, 1.165) is 0 Å². The van der Waals surface area contributed by atoms with Crippen molar-refractivity contribution in [2.24, 2.45) is 23.7 Å². The second kappa shape index (κ2) is 4.58. The van der Waals surface area contributed by atoms with Gasteiger partial charge in [-0.05, 0) is 49.9 Å². The van der Waals surface area contributed by atoms with Gasteiger partial charge in [-0.15, -0.1) is 0 Å². The van der Waals surface area contributed by atoms with E-state index in [2.05, 4.69) is 9.46 Å². The Balaban J connectivity index is 1.55. The van der Waals surface area contributed by atoms with Crippen LogP contribution in [0.3, 0.4) is 0 Å². The molecule has 22 heavy (non-hydrogen) atoms. The number of ether oxygens (including phenoxy) is 1. The summed E-state index contributed by atoms with van der Waals surface area (Å²) in [6, 6.07) is 1.31. The number of fused-ring (bicyclic) bond motifs is 5. The van der Waals surface area contributed by atoms with Gasteiger partial charge in [0.15, 0.2) is 0 Å². The van der Waals surface area contributed by atoms with Gasteiger partial charge in [-0.25, -0.2) is 17.9 Å². The number of methoxy groups -OCH3 is 1. The fourth-order valence-electron chi connectivity index (χ4n) is 4.66. The summed E-state index contributed by atoms with van der Waals surface area (Å²) >= 11 is 0. The summed E-state index contributed by atoms with van der Waals surface area (Å²) < 4.78 is 37.7. The second-order valence-corrected chi connectivity index (χ2v) is 8.34. The Morgan fingerprint density at radius 2 is 1.95 bits per heavy atom. The van der Waals surface area contributed by atoms with Crippen LogP contribution in [0.25, 0.3) is 0 Å². The fraction of sp³-hybridized carbons (Fsp3) is 0.667. The second-order valence-electron chi connectivity index (χ2n) is 6.66.